The topological polar surface area (TPSA) is 45.8 Å². The maximum Gasteiger partial charge on any atom is 0.174 e. The number of hydrogen-bond acceptors (Lipinski definition) is 3. The first-order valence-corrected chi connectivity index (χ1v) is 5.83. The molecule has 2 heterocycles. The fourth-order valence-corrected chi connectivity index (χ4v) is 2.92. The maximum absolute atomic E-state index is 11.6. The number of hydrogen-bond donors (Lipinski definition) is 1. The molecule has 0 fully saturated rings. The van der Waals surface area contributed by atoms with E-state index in [-0.39, 0.29) is 5.78 Å². The Morgan fingerprint density at radius 1 is 1.40 bits per heavy atom. The highest BCUT2D eigenvalue weighted by Crippen LogP contribution is 2.31. The Balaban J connectivity index is 2.09. The molecule has 4 heteroatoms. The molecule has 0 unspecified atom stereocenters. The van der Waals surface area contributed by atoms with Crippen molar-refractivity contribution in [2.45, 2.75) is 19.3 Å². The number of aromatic nitrogens is 2. The summed E-state index contributed by atoms with van der Waals surface area (Å²) < 4.78 is 0. The number of ketones is 1. The Morgan fingerprint density at radius 3 is 3.07 bits per heavy atom. The minimum absolute atomic E-state index is 0.256. The molecule has 2 aromatic heterocycles. The second kappa shape index (κ2) is 3.31. The summed E-state index contributed by atoms with van der Waals surface area (Å²) in [5, 5.41) is 0.931. The van der Waals surface area contributed by atoms with Crippen LogP contribution in [0.4, 0.5) is 0 Å². The lowest BCUT2D eigenvalue weighted by molar-refractivity contribution is 0.0976. The zero-order chi connectivity index (χ0) is 10.3. The first-order valence-electron chi connectivity index (χ1n) is 5.01. The summed E-state index contributed by atoms with van der Waals surface area (Å²) in [5.74, 6) is 0.256. The number of H-pyrrole nitrogens is 1. The van der Waals surface area contributed by atoms with E-state index in [1.54, 1.807) is 0 Å². The second-order valence-corrected chi connectivity index (χ2v) is 4.65. The Kier molecular flexibility index (Phi) is 1.95. The lowest BCUT2D eigenvalue weighted by Gasteiger charge is -2.06. The zero-order valence-electron chi connectivity index (χ0n) is 8.12. The average Bonchev–Trinajstić information content (AvgIpc) is 2.86. The van der Waals surface area contributed by atoms with Crippen molar-refractivity contribution in [3.05, 3.63) is 28.9 Å². The molecule has 3 rings (SSSR count). The number of rotatable bonds is 1. The first-order chi connectivity index (χ1) is 7.34. The Bertz CT molecular complexity index is 499. The van der Waals surface area contributed by atoms with E-state index in [9.17, 15) is 4.79 Å². The molecule has 0 saturated heterocycles. The highest BCUT2D eigenvalue weighted by atomic mass is 32.1. The van der Waals surface area contributed by atoms with E-state index < -0.39 is 0 Å². The van der Waals surface area contributed by atoms with Crippen molar-refractivity contribution in [1.82, 2.24) is 9.97 Å². The smallest absolute Gasteiger partial charge is 0.174 e. The van der Waals surface area contributed by atoms with Gasteiger partial charge in [0, 0.05) is 12.6 Å². The molecule has 0 aromatic carbocycles. The van der Waals surface area contributed by atoms with Gasteiger partial charge in [-0.1, -0.05) is 0 Å². The van der Waals surface area contributed by atoms with Crippen LogP contribution in [0.15, 0.2) is 18.3 Å². The SMILES string of the molecule is O=C1CCCc2nc(-c3ccc[nH]3)sc21. The monoisotopic (exact) mass is 218 g/mol. The zero-order valence-corrected chi connectivity index (χ0v) is 8.93. The van der Waals surface area contributed by atoms with Crippen LogP contribution in [-0.4, -0.2) is 15.8 Å². The number of aromatic amines is 1. The van der Waals surface area contributed by atoms with Gasteiger partial charge in [0.05, 0.1) is 16.3 Å². The van der Waals surface area contributed by atoms with E-state index >= 15 is 0 Å². The van der Waals surface area contributed by atoms with Crippen LogP contribution < -0.4 is 0 Å². The lowest BCUT2D eigenvalue weighted by Crippen LogP contribution is -2.07. The van der Waals surface area contributed by atoms with E-state index in [1.165, 1.54) is 11.3 Å². The molecular weight excluding hydrogens is 208 g/mol. The first kappa shape index (κ1) is 8.85. The fourth-order valence-electron chi connectivity index (χ4n) is 1.85. The number of Topliss-reactive ketones (excluding diaryl/α,β-unsaturated/α-hetero) is 1. The van der Waals surface area contributed by atoms with Crippen molar-refractivity contribution in [2.24, 2.45) is 0 Å². The van der Waals surface area contributed by atoms with Crippen LogP contribution in [0, 0.1) is 0 Å². The molecule has 1 aliphatic carbocycles. The van der Waals surface area contributed by atoms with Crippen LogP contribution >= 0.6 is 11.3 Å². The van der Waals surface area contributed by atoms with E-state index in [2.05, 4.69) is 9.97 Å². The van der Waals surface area contributed by atoms with Gasteiger partial charge in [-0.15, -0.1) is 11.3 Å². The number of nitrogens with zero attached hydrogens (tertiary/aromatic N) is 1. The van der Waals surface area contributed by atoms with Crippen molar-refractivity contribution in [2.75, 3.05) is 0 Å². The third-order valence-corrected chi connectivity index (χ3v) is 3.77. The third kappa shape index (κ3) is 1.41. The van der Waals surface area contributed by atoms with E-state index in [1.807, 2.05) is 18.3 Å². The van der Waals surface area contributed by atoms with Gasteiger partial charge in [0.1, 0.15) is 5.01 Å². The van der Waals surface area contributed by atoms with Crippen molar-refractivity contribution < 1.29 is 4.79 Å². The normalized spacial score (nSPS) is 15.3. The van der Waals surface area contributed by atoms with Crippen LogP contribution in [0.25, 0.3) is 10.7 Å². The number of carbonyl (C=O) groups excluding carboxylic acids is 1. The molecule has 0 amide bonds. The molecule has 0 atom stereocenters. The van der Waals surface area contributed by atoms with Gasteiger partial charge in [-0.3, -0.25) is 4.79 Å². The molecular formula is C11H10N2OS. The number of fused-ring (bicyclic) bond motifs is 1. The Morgan fingerprint density at radius 2 is 2.33 bits per heavy atom. The van der Waals surface area contributed by atoms with Gasteiger partial charge in [-0.25, -0.2) is 4.98 Å². The molecule has 3 nitrogen and oxygen atoms in total. The van der Waals surface area contributed by atoms with Crippen molar-refractivity contribution in [3.8, 4) is 10.7 Å². The quantitative estimate of drug-likeness (QED) is 0.799. The van der Waals surface area contributed by atoms with Gasteiger partial charge >= 0.3 is 0 Å². The van der Waals surface area contributed by atoms with E-state index in [0.717, 1.165) is 34.1 Å². The predicted molar refractivity (Wildman–Crippen MR) is 59.2 cm³/mol. The van der Waals surface area contributed by atoms with E-state index in [0.29, 0.717) is 6.42 Å². The largest absolute Gasteiger partial charge is 0.359 e. The summed E-state index contributed by atoms with van der Waals surface area (Å²) in [5.41, 5.74) is 1.99. The molecule has 0 saturated carbocycles. The Labute approximate surface area is 91.2 Å². The molecule has 2 aromatic rings. The minimum Gasteiger partial charge on any atom is -0.359 e. The fraction of sp³-hybridized carbons (Fsp3) is 0.273. The molecule has 0 spiro atoms. The standard InChI is InChI=1S/C11H10N2OS/c14-9-5-1-3-7-10(9)15-11(13-7)8-4-2-6-12-8/h2,4,6,12H,1,3,5H2. The number of carbonyl (C=O) groups is 1. The van der Waals surface area contributed by atoms with Gasteiger partial charge in [-0.05, 0) is 25.0 Å². The summed E-state index contributed by atoms with van der Waals surface area (Å²) in [4.78, 5) is 20.1. The summed E-state index contributed by atoms with van der Waals surface area (Å²) >= 11 is 1.51. The van der Waals surface area contributed by atoms with Crippen LogP contribution in [0.3, 0.4) is 0 Å². The van der Waals surface area contributed by atoms with Gasteiger partial charge in [0.25, 0.3) is 0 Å². The minimum atomic E-state index is 0.256. The van der Waals surface area contributed by atoms with Crippen LogP contribution in [0.2, 0.25) is 0 Å². The van der Waals surface area contributed by atoms with Crippen molar-refractivity contribution >= 4 is 17.1 Å². The summed E-state index contributed by atoms with van der Waals surface area (Å²) in [6.07, 6.45) is 4.44. The van der Waals surface area contributed by atoms with Crippen LogP contribution in [0.1, 0.15) is 28.2 Å². The van der Waals surface area contributed by atoms with Crippen LogP contribution in [0.5, 0.6) is 0 Å². The highest BCUT2D eigenvalue weighted by Gasteiger charge is 2.22. The third-order valence-electron chi connectivity index (χ3n) is 2.60. The van der Waals surface area contributed by atoms with Crippen molar-refractivity contribution in [3.63, 3.8) is 0 Å². The number of aryl methyl sites for hydroxylation is 1. The number of thiazole rings is 1. The summed E-state index contributed by atoms with van der Waals surface area (Å²) in [6.45, 7) is 0. The molecule has 1 aliphatic rings. The van der Waals surface area contributed by atoms with Gasteiger partial charge in [-0.2, -0.15) is 0 Å². The lowest BCUT2D eigenvalue weighted by atomic mass is 10.0. The molecule has 1 N–H and O–H groups in total. The summed E-state index contributed by atoms with van der Waals surface area (Å²) in [7, 11) is 0. The average molecular weight is 218 g/mol. The molecule has 0 bridgehead atoms. The van der Waals surface area contributed by atoms with Crippen molar-refractivity contribution in [1.29, 1.82) is 0 Å². The molecule has 76 valence electrons. The van der Waals surface area contributed by atoms with E-state index in [4.69, 9.17) is 0 Å². The maximum atomic E-state index is 11.6. The Hall–Kier alpha value is -1.42. The predicted octanol–water partition coefficient (Wildman–Crippen LogP) is 2.66. The second-order valence-electron chi connectivity index (χ2n) is 3.66. The van der Waals surface area contributed by atoms with Gasteiger partial charge in [0.15, 0.2) is 5.78 Å². The molecule has 0 radical (unpaired) electrons. The number of nitrogens with one attached hydrogen (secondary N) is 1. The van der Waals surface area contributed by atoms with Gasteiger partial charge < -0.3 is 4.98 Å². The highest BCUT2D eigenvalue weighted by molar-refractivity contribution is 7.17. The summed E-state index contributed by atoms with van der Waals surface area (Å²) in [6, 6.07) is 3.92. The van der Waals surface area contributed by atoms with Gasteiger partial charge in [0.2, 0.25) is 0 Å². The molecule has 15 heavy (non-hydrogen) atoms. The molecule has 0 aliphatic heterocycles. The van der Waals surface area contributed by atoms with Crippen LogP contribution in [-0.2, 0) is 6.42 Å².